The van der Waals surface area contributed by atoms with Gasteiger partial charge in [0.05, 0.1) is 11.6 Å². The second-order valence-electron chi connectivity index (χ2n) is 4.26. The molecule has 2 rings (SSSR count). The van der Waals surface area contributed by atoms with E-state index >= 15 is 0 Å². The average Bonchev–Trinajstić information content (AvgIpc) is 2.74. The van der Waals surface area contributed by atoms with E-state index in [9.17, 15) is 0 Å². The summed E-state index contributed by atoms with van der Waals surface area (Å²) in [5.41, 5.74) is 0.907. The Kier molecular flexibility index (Phi) is 4.45. The topological polar surface area (TPSA) is 22.1 Å². The fourth-order valence-electron chi connectivity index (χ4n) is 2.05. The van der Waals surface area contributed by atoms with Crippen LogP contribution in [-0.2, 0) is 11.3 Å². The standard InChI is InChI=1S/C12H15Cl2NO/c13-11-5-12(14)15-6-10(11)8-16-7-9-3-1-2-4-9/h5-6,9H,1-4,7-8H2. The van der Waals surface area contributed by atoms with Gasteiger partial charge in [-0.2, -0.15) is 0 Å². The first-order chi connectivity index (χ1) is 7.75. The summed E-state index contributed by atoms with van der Waals surface area (Å²) in [5, 5.41) is 1.05. The number of halogens is 2. The molecule has 0 aromatic carbocycles. The summed E-state index contributed by atoms with van der Waals surface area (Å²) in [5.74, 6) is 0.735. The SMILES string of the molecule is Clc1cc(Cl)c(COCC2CCCC2)cn1. The lowest BCUT2D eigenvalue weighted by Gasteiger charge is -2.10. The van der Waals surface area contributed by atoms with Crippen molar-refractivity contribution in [3.05, 3.63) is 28.0 Å². The minimum Gasteiger partial charge on any atom is -0.376 e. The van der Waals surface area contributed by atoms with Crippen molar-refractivity contribution in [2.45, 2.75) is 32.3 Å². The van der Waals surface area contributed by atoms with Gasteiger partial charge in [-0.15, -0.1) is 0 Å². The minimum absolute atomic E-state index is 0.421. The second-order valence-corrected chi connectivity index (χ2v) is 5.06. The van der Waals surface area contributed by atoms with Crippen LogP contribution in [0.2, 0.25) is 10.2 Å². The van der Waals surface area contributed by atoms with E-state index in [2.05, 4.69) is 4.98 Å². The molecular formula is C12H15Cl2NO. The van der Waals surface area contributed by atoms with Crippen LogP contribution in [0.25, 0.3) is 0 Å². The van der Waals surface area contributed by atoms with Crippen molar-refractivity contribution >= 4 is 23.2 Å². The zero-order valence-corrected chi connectivity index (χ0v) is 10.6. The lowest BCUT2D eigenvalue weighted by molar-refractivity contribution is 0.0887. The largest absolute Gasteiger partial charge is 0.376 e. The van der Waals surface area contributed by atoms with Crippen LogP contribution in [0.15, 0.2) is 12.3 Å². The molecule has 1 aliphatic carbocycles. The van der Waals surface area contributed by atoms with E-state index in [1.165, 1.54) is 25.7 Å². The molecule has 88 valence electrons. The van der Waals surface area contributed by atoms with E-state index in [1.807, 2.05) is 0 Å². The molecule has 0 spiro atoms. The van der Waals surface area contributed by atoms with Crippen LogP contribution in [0.1, 0.15) is 31.2 Å². The zero-order chi connectivity index (χ0) is 11.4. The number of pyridine rings is 1. The van der Waals surface area contributed by atoms with Gasteiger partial charge in [-0.1, -0.05) is 36.0 Å². The lowest BCUT2D eigenvalue weighted by atomic mass is 10.1. The van der Waals surface area contributed by atoms with Crippen LogP contribution in [0.5, 0.6) is 0 Å². The van der Waals surface area contributed by atoms with Gasteiger partial charge in [-0.25, -0.2) is 4.98 Å². The van der Waals surface area contributed by atoms with Gasteiger partial charge in [0.1, 0.15) is 5.15 Å². The third kappa shape index (κ3) is 3.34. The molecule has 0 radical (unpaired) electrons. The zero-order valence-electron chi connectivity index (χ0n) is 9.09. The van der Waals surface area contributed by atoms with Crippen LogP contribution in [0.4, 0.5) is 0 Å². The smallest absolute Gasteiger partial charge is 0.130 e. The highest BCUT2D eigenvalue weighted by Gasteiger charge is 2.15. The Hall–Kier alpha value is -0.310. The molecule has 1 heterocycles. The van der Waals surface area contributed by atoms with Gasteiger partial charge in [-0.3, -0.25) is 0 Å². The Morgan fingerprint density at radius 3 is 2.75 bits per heavy atom. The van der Waals surface area contributed by atoms with Crippen LogP contribution in [0.3, 0.4) is 0 Å². The Bertz CT molecular complexity index is 351. The molecule has 1 aromatic rings. The number of hydrogen-bond acceptors (Lipinski definition) is 2. The lowest BCUT2D eigenvalue weighted by Crippen LogP contribution is -2.05. The molecule has 1 aromatic heterocycles. The van der Waals surface area contributed by atoms with E-state index in [-0.39, 0.29) is 0 Å². The Balaban J connectivity index is 1.80. The molecule has 0 unspecified atom stereocenters. The molecule has 0 N–H and O–H groups in total. The molecule has 0 atom stereocenters. The van der Waals surface area contributed by atoms with Gasteiger partial charge in [0, 0.05) is 18.4 Å². The third-order valence-electron chi connectivity index (χ3n) is 2.98. The predicted molar refractivity (Wildman–Crippen MR) is 65.9 cm³/mol. The summed E-state index contributed by atoms with van der Waals surface area (Å²) in [7, 11) is 0. The van der Waals surface area contributed by atoms with Crippen LogP contribution < -0.4 is 0 Å². The van der Waals surface area contributed by atoms with Gasteiger partial charge in [0.25, 0.3) is 0 Å². The molecule has 0 amide bonds. The van der Waals surface area contributed by atoms with Crippen molar-refractivity contribution < 1.29 is 4.74 Å². The Labute approximate surface area is 106 Å². The molecule has 2 nitrogen and oxygen atoms in total. The predicted octanol–water partition coefficient (Wildman–Crippen LogP) is 4.10. The summed E-state index contributed by atoms with van der Waals surface area (Å²) in [6.07, 6.45) is 6.97. The van der Waals surface area contributed by atoms with Crippen molar-refractivity contribution in [3.63, 3.8) is 0 Å². The maximum atomic E-state index is 6.02. The van der Waals surface area contributed by atoms with Crippen LogP contribution >= 0.6 is 23.2 Å². The summed E-state index contributed by atoms with van der Waals surface area (Å²) >= 11 is 11.7. The molecule has 0 aliphatic heterocycles. The van der Waals surface area contributed by atoms with E-state index in [4.69, 9.17) is 27.9 Å². The van der Waals surface area contributed by atoms with Crippen LogP contribution in [-0.4, -0.2) is 11.6 Å². The average molecular weight is 260 g/mol. The van der Waals surface area contributed by atoms with Crippen molar-refractivity contribution in [3.8, 4) is 0 Å². The maximum Gasteiger partial charge on any atom is 0.130 e. The molecule has 0 saturated heterocycles. The molecule has 1 saturated carbocycles. The summed E-state index contributed by atoms with van der Waals surface area (Å²) in [4.78, 5) is 3.99. The summed E-state index contributed by atoms with van der Waals surface area (Å²) < 4.78 is 5.66. The molecule has 16 heavy (non-hydrogen) atoms. The fourth-order valence-corrected chi connectivity index (χ4v) is 2.48. The van der Waals surface area contributed by atoms with E-state index in [1.54, 1.807) is 12.3 Å². The molecule has 1 fully saturated rings. The first-order valence-electron chi connectivity index (χ1n) is 5.63. The van der Waals surface area contributed by atoms with Crippen molar-refractivity contribution in [1.29, 1.82) is 0 Å². The van der Waals surface area contributed by atoms with Gasteiger partial charge in [0.15, 0.2) is 0 Å². The van der Waals surface area contributed by atoms with Crippen molar-refractivity contribution in [2.24, 2.45) is 5.92 Å². The molecule has 0 bridgehead atoms. The highest BCUT2D eigenvalue weighted by atomic mass is 35.5. The van der Waals surface area contributed by atoms with Gasteiger partial charge in [-0.05, 0) is 24.8 Å². The minimum atomic E-state index is 0.421. The first kappa shape index (κ1) is 12.2. The van der Waals surface area contributed by atoms with Gasteiger partial charge in [0.2, 0.25) is 0 Å². The highest BCUT2D eigenvalue weighted by Crippen LogP contribution is 2.25. The molecule has 1 aliphatic rings. The first-order valence-corrected chi connectivity index (χ1v) is 6.39. The van der Waals surface area contributed by atoms with E-state index in [0.29, 0.717) is 16.8 Å². The number of ether oxygens (including phenoxy) is 1. The van der Waals surface area contributed by atoms with E-state index in [0.717, 1.165) is 18.1 Å². The summed E-state index contributed by atoms with van der Waals surface area (Å²) in [6, 6.07) is 1.65. The number of nitrogens with zero attached hydrogens (tertiary/aromatic N) is 1. The normalized spacial score (nSPS) is 16.9. The van der Waals surface area contributed by atoms with Gasteiger partial charge < -0.3 is 4.74 Å². The third-order valence-corrected chi connectivity index (χ3v) is 3.54. The number of rotatable bonds is 4. The van der Waals surface area contributed by atoms with Gasteiger partial charge >= 0.3 is 0 Å². The fraction of sp³-hybridized carbons (Fsp3) is 0.583. The number of hydrogen-bond donors (Lipinski definition) is 0. The molecule has 4 heteroatoms. The highest BCUT2D eigenvalue weighted by molar-refractivity contribution is 6.34. The molecular weight excluding hydrogens is 245 g/mol. The van der Waals surface area contributed by atoms with Crippen molar-refractivity contribution in [2.75, 3.05) is 6.61 Å². The quantitative estimate of drug-likeness (QED) is 0.760. The Morgan fingerprint density at radius 1 is 1.31 bits per heavy atom. The van der Waals surface area contributed by atoms with Crippen LogP contribution in [0, 0.1) is 5.92 Å². The Morgan fingerprint density at radius 2 is 2.06 bits per heavy atom. The second kappa shape index (κ2) is 5.85. The van der Waals surface area contributed by atoms with Crippen molar-refractivity contribution in [1.82, 2.24) is 4.98 Å². The maximum absolute atomic E-state index is 6.02. The monoisotopic (exact) mass is 259 g/mol. The van der Waals surface area contributed by atoms with E-state index < -0.39 is 0 Å². The summed E-state index contributed by atoms with van der Waals surface area (Å²) in [6.45, 7) is 1.36. The number of aromatic nitrogens is 1.